The number of rotatable bonds is 5. The molecule has 0 saturated heterocycles. The van der Waals surface area contributed by atoms with E-state index in [9.17, 15) is 9.59 Å². The summed E-state index contributed by atoms with van der Waals surface area (Å²) < 4.78 is 6.10. The van der Waals surface area contributed by atoms with E-state index in [4.69, 9.17) is 16.3 Å². The number of anilines is 2. The number of fused-ring (bicyclic) bond motifs is 1. The molecular weight excluding hydrogens is 420 g/mol. The summed E-state index contributed by atoms with van der Waals surface area (Å²) in [6.07, 6.45) is 0. The summed E-state index contributed by atoms with van der Waals surface area (Å²) >= 11 is 7.73. The number of amides is 2. The van der Waals surface area contributed by atoms with Crippen LogP contribution in [0, 0.1) is 0 Å². The molecule has 0 saturated carbocycles. The van der Waals surface area contributed by atoms with Gasteiger partial charge < -0.3 is 15.4 Å². The predicted molar refractivity (Wildman–Crippen MR) is 122 cm³/mol. The molecule has 30 heavy (non-hydrogen) atoms. The number of halogens is 1. The van der Waals surface area contributed by atoms with Crippen molar-refractivity contribution in [2.45, 2.75) is 0 Å². The number of carbonyl (C=O) groups excluding carboxylic acids is 2. The Bertz CT molecular complexity index is 1240. The highest BCUT2D eigenvalue weighted by molar-refractivity contribution is 7.21. The minimum atomic E-state index is -0.313. The fraction of sp³-hybridized carbons (Fsp3) is 0.0435. The summed E-state index contributed by atoms with van der Waals surface area (Å²) in [5.74, 6) is 0.168. The molecular formula is C23H17ClN2O3S. The van der Waals surface area contributed by atoms with E-state index in [1.165, 1.54) is 11.3 Å². The lowest BCUT2D eigenvalue weighted by molar-refractivity contribution is 0.102. The van der Waals surface area contributed by atoms with Crippen LogP contribution in [0.15, 0.2) is 72.8 Å². The van der Waals surface area contributed by atoms with Crippen LogP contribution >= 0.6 is 22.9 Å². The van der Waals surface area contributed by atoms with Gasteiger partial charge in [-0.05, 0) is 48.5 Å². The smallest absolute Gasteiger partial charge is 0.267 e. The van der Waals surface area contributed by atoms with Crippen LogP contribution in [0.3, 0.4) is 0 Å². The van der Waals surface area contributed by atoms with E-state index in [0.717, 1.165) is 10.1 Å². The van der Waals surface area contributed by atoms with Crippen molar-refractivity contribution in [3.63, 3.8) is 0 Å². The highest BCUT2D eigenvalue weighted by Gasteiger charge is 2.18. The van der Waals surface area contributed by atoms with Crippen LogP contribution in [0.5, 0.6) is 5.75 Å². The van der Waals surface area contributed by atoms with Gasteiger partial charge in [-0.25, -0.2) is 0 Å². The minimum Gasteiger partial charge on any atom is -0.497 e. The Morgan fingerprint density at radius 2 is 1.57 bits per heavy atom. The van der Waals surface area contributed by atoms with E-state index in [-0.39, 0.29) is 11.8 Å². The lowest BCUT2D eigenvalue weighted by atomic mass is 10.2. The first-order chi connectivity index (χ1) is 14.5. The molecule has 0 radical (unpaired) electrons. The first-order valence-electron chi connectivity index (χ1n) is 9.09. The van der Waals surface area contributed by atoms with E-state index >= 15 is 0 Å². The average molecular weight is 437 g/mol. The zero-order chi connectivity index (χ0) is 21.1. The average Bonchev–Trinajstić information content (AvgIpc) is 3.10. The molecule has 0 aliphatic carbocycles. The molecule has 1 aromatic heterocycles. The molecule has 0 bridgehead atoms. The third-order valence-electron chi connectivity index (χ3n) is 4.46. The van der Waals surface area contributed by atoms with Crippen molar-refractivity contribution in [2.24, 2.45) is 0 Å². The quantitative estimate of drug-likeness (QED) is 0.399. The Kier molecular flexibility index (Phi) is 5.70. The van der Waals surface area contributed by atoms with Gasteiger partial charge in [0.05, 0.1) is 12.1 Å². The normalized spacial score (nSPS) is 10.6. The molecule has 4 aromatic rings. The second kappa shape index (κ2) is 8.57. The molecule has 0 fully saturated rings. The number of ether oxygens (including phenoxy) is 1. The Balaban J connectivity index is 1.53. The first kappa shape index (κ1) is 19.9. The largest absolute Gasteiger partial charge is 0.497 e. The predicted octanol–water partition coefficient (Wildman–Crippen LogP) is 6.07. The molecule has 0 aliphatic rings. The Labute approximate surface area is 182 Å². The van der Waals surface area contributed by atoms with Crippen molar-refractivity contribution in [3.8, 4) is 5.75 Å². The van der Waals surface area contributed by atoms with Crippen LogP contribution in [0.25, 0.3) is 10.1 Å². The number of thiophene rings is 1. The SMILES string of the molecule is COc1ccc2c(Cl)c(C(=O)Nc3cccc(NC(=O)c4ccccc4)c3)sc2c1. The van der Waals surface area contributed by atoms with Crippen molar-refractivity contribution in [2.75, 3.05) is 17.7 Å². The van der Waals surface area contributed by atoms with Crippen molar-refractivity contribution in [1.82, 2.24) is 0 Å². The standard InChI is InChI=1S/C23H17ClN2O3S/c1-29-17-10-11-18-19(13-17)30-21(20(18)24)23(28)26-16-9-5-8-15(12-16)25-22(27)14-6-3-2-4-7-14/h2-13H,1H3,(H,25,27)(H,26,28). The maximum atomic E-state index is 12.8. The highest BCUT2D eigenvalue weighted by Crippen LogP contribution is 2.37. The van der Waals surface area contributed by atoms with E-state index in [1.54, 1.807) is 55.6 Å². The Morgan fingerprint density at radius 1 is 0.867 bits per heavy atom. The van der Waals surface area contributed by atoms with Gasteiger partial charge in [-0.1, -0.05) is 35.9 Å². The third-order valence-corrected chi connectivity index (χ3v) is 6.11. The van der Waals surface area contributed by atoms with Gasteiger partial charge in [0, 0.05) is 27.0 Å². The van der Waals surface area contributed by atoms with Gasteiger partial charge in [0.2, 0.25) is 0 Å². The Hall–Kier alpha value is -3.35. The van der Waals surface area contributed by atoms with Gasteiger partial charge >= 0.3 is 0 Å². The zero-order valence-electron chi connectivity index (χ0n) is 15.9. The Morgan fingerprint density at radius 3 is 2.27 bits per heavy atom. The topological polar surface area (TPSA) is 67.4 Å². The van der Waals surface area contributed by atoms with Gasteiger partial charge in [0.25, 0.3) is 11.8 Å². The van der Waals surface area contributed by atoms with Crippen molar-refractivity contribution in [1.29, 1.82) is 0 Å². The molecule has 0 aliphatic heterocycles. The molecule has 5 nitrogen and oxygen atoms in total. The van der Waals surface area contributed by atoms with Crippen LogP contribution in [0.2, 0.25) is 5.02 Å². The lowest BCUT2D eigenvalue weighted by Gasteiger charge is -2.08. The number of carbonyl (C=O) groups is 2. The minimum absolute atomic E-state index is 0.222. The van der Waals surface area contributed by atoms with Crippen LogP contribution in [0.1, 0.15) is 20.0 Å². The number of hydrogen-bond donors (Lipinski definition) is 2. The number of methoxy groups -OCH3 is 1. The van der Waals surface area contributed by atoms with Gasteiger partial charge in [0.1, 0.15) is 10.6 Å². The van der Waals surface area contributed by atoms with E-state index in [2.05, 4.69) is 10.6 Å². The summed E-state index contributed by atoms with van der Waals surface area (Å²) in [4.78, 5) is 25.6. The molecule has 150 valence electrons. The molecule has 3 aromatic carbocycles. The second-order valence-corrected chi connectivity index (χ2v) is 7.89. The maximum absolute atomic E-state index is 12.8. The monoisotopic (exact) mass is 436 g/mol. The van der Waals surface area contributed by atoms with Crippen LogP contribution in [-0.2, 0) is 0 Å². The van der Waals surface area contributed by atoms with Crippen molar-refractivity contribution in [3.05, 3.63) is 88.3 Å². The van der Waals surface area contributed by atoms with Crippen LogP contribution in [-0.4, -0.2) is 18.9 Å². The first-order valence-corrected chi connectivity index (χ1v) is 10.3. The molecule has 7 heteroatoms. The number of nitrogens with one attached hydrogen (secondary N) is 2. The molecule has 2 N–H and O–H groups in total. The fourth-order valence-electron chi connectivity index (χ4n) is 2.97. The van der Waals surface area contributed by atoms with Crippen LogP contribution < -0.4 is 15.4 Å². The zero-order valence-corrected chi connectivity index (χ0v) is 17.5. The summed E-state index contributed by atoms with van der Waals surface area (Å²) in [6, 6.07) is 21.4. The van der Waals surface area contributed by atoms with Crippen molar-refractivity contribution < 1.29 is 14.3 Å². The van der Waals surface area contributed by atoms with Gasteiger partial charge in [-0.15, -0.1) is 11.3 Å². The summed E-state index contributed by atoms with van der Waals surface area (Å²) in [5, 5.41) is 6.88. The molecule has 0 spiro atoms. The second-order valence-electron chi connectivity index (χ2n) is 6.46. The third kappa shape index (κ3) is 4.15. The van der Waals surface area contributed by atoms with E-state index < -0.39 is 0 Å². The summed E-state index contributed by atoms with van der Waals surface area (Å²) in [6.45, 7) is 0. The molecule has 4 rings (SSSR count). The van der Waals surface area contributed by atoms with Crippen LogP contribution in [0.4, 0.5) is 11.4 Å². The van der Waals surface area contributed by atoms with Gasteiger partial charge in [0.15, 0.2) is 0 Å². The molecule has 2 amide bonds. The van der Waals surface area contributed by atoms with E-state index in [0.29, 0.717) is 32.6 Å². The summed E-state index contributed by atoms with van der Waals surface area (Å²) in [5.41, 5.74) is 1.69. The van der Waals surface area contributed by atoms with Gasteiger partial charge in [-0.3, -0.25) is 9.59 Å². The van der Waals surface area contributed by atoms with Crippen molar-refractivity contribution >= 4 is 56.2 Å². The number of hydrogen-bond acceptors (Lipinski definition) is 4. The summed E-state index contributed by atoms with van der Waals surface area (Å²) in [7, 11) is 1.59. The number of benzene rings is 3. The maximum Gasteiger partial charge on any atom is 0.267 e. The lowest BCUT2D eigenvalue weighted by Crippen LogP contribution is -2.13. The van der Waals surface area contributed by atoms with Gasteiger partial charge in [-0.2, -0.15) is 0 Å². The molecule has 0 atom stereocenters. The molecule has 0 unspecified atom stereocenters. The van der Waals surface area contributed by atoms with E-state index in [1.807, 2.05) is 24.3 Å². The molecule has 1 heterocycles. The highest BCUT2D eigenvalue weighted by atomic mass is 35.5. The fourth-order valence-corrected chi connectivity index (χ4v) is 4.41.